The van der Waals surface area contributed by atoms with E-state index in [1.165, 1.54) is 18.4 Å². The van der Waals surface area contributed by atoms with Gasteiger partial charge in [-0.05, 0) is 43.4 Å². The zero-order chi connectivity index (χ0) is 12.5. The number of nitrogens with two attached hydrogens (primary N) is 1. The Morgan fingerprint density at radius 3 is 2.67 bits per heavy atom. The summed E-state index contributed by atoms with van der Waals surface area (Å²) in [7, 11) is 0. The fourth-order valence-corrected chi connectivity index (χ4v) is 3.52. The topological polar surface area (TPSA) is 53.0 Å². The van der Waals surface area contributed by atoms with Gasteiger partial charge < -0.3 is 5.73 Å². The number of nitrogens with zero attached hydrogens (tertiary/aromatic N) is 2. The molecule has 2 aliphatic heterocycles. The summed E-state index contributed by atoms with van der Waals surface area (Å²) in [4.78, 5) is 2.60. The number of hydrogen-bond acceptors (Lipinski definition) is 3. The summed E-state index contributed by atoms with van der Waals surface area (Å²) < 4.78 is 0. The quantitative estimate of drug-likeness (QED) is 0.861. The minimum atomic E-state index is 0.393. The van der Waals surface area contributed by atoms with Crippen LogP contribution in [0.25, 0.3) is 0 Å². The van der Waals surface area contributed by atoms with Crippen molar-refractivity contribution in [3.05, 3.63) is 35.4 Å². The SMILES string of the molecule is N#Cc1cccc(CN2C3CCC2CC(N)C3)c1. The maximum Gasteiger partial charge on any atom is 0.0991 e. The number of hydrogen-bond donors (Lipinski definition) is 1. The van der Waals surface area contributed by atoms with E-state index in [-0.39, 0.29) is 0 Å². The second-order valence-electron chi connectivity index (χ2n) is 5.60. The molecule has 1 aromatic carbocycles. The van der Waals surface area contributed by atoms with Gasteiger partial charge in [-0.15, -0.1) is 0 Å². The average molecular weight is 241 g/mol. The van der Waals surface area contributed by atoms with Crippen LogP contribution < -0.4 is 5.73 Å². The smallest absolute Gasteiger partial charge is 0.0991 e. The molecular weight excluding hydrogens is 222 g/mol. The molecule has 3 rings (SSSR count). The number of benzene rings is 1. The van der Waals surface area contributed by atoms with Gasteiger partial charge in [0.25, 0.3) is 0 Å². The molecule has 3 nitrogen and oxygen atoms in total. The van der Waals surface area contributed by atoms with Crippen molar-refractivity contribution in [1.29, 1.82) is 5.26 Å². The second-order valence-corrected chi connectivity index (χ2v) is 5.60. The summed E-state index contributed by atoms with van der Waals surface area (Å²) in [6.07, 6.45) is 4.84. The summed E-state index contributed by atoms with van der Waals surface area (Å²) in [5.41, 5.74) is 8.10. The van der Waals surface area contributed by atoms with Crippen molar-refractivity contribution in [2.24, 2.45) is 5.73 Å². The Hall–Kier alpha value is -1.37. The van der Waals surface area contributed by atoms with E-state index in [0.717, 1.165) is 24.9 Å². The fraction of sp³-hybridized carbons (Fsp3) is 0.533. The van der Waals surface area contributed by atoms with E-state index in [9.17, 15) is 0 Å². The predicted molar refractivity (Wildman–Crippen MR) is 70.7 cm³/mol. The molecule has 0 aromatic heterocycles. The lowest BCUT2D eigenvalue weighted by Gasteiger charge is -2.37. The van der Waals surface area contributed by atoms with Crippen LogP contribution in [0.3, 0.4) is 0 Å². The third-order valence-corrected chi connectivity index (χ3v) is 4.34. The van der Waals surface area contributed by atoms with E-state index >= 15 is 0 Å². The predicted octanol–water partition coefficient (Wildman–Crippen LogP) is 2.01. The van der Waals surface area contributed by atoms with Crippen LogP contribution in [0, 0.1) is 11.3 Å². The highest BCUT2D eigenvalue weighted by Crippen LogP contribution is 2.36. The first-order valence-corrected chi connectivity index (χ1v) is 6.76. The Kier molecular flexibility index (Phi) is 3.07. The van der Waals surface area contributed by atoms with E-state index < -0.39 is 0 Å². The summed E-state index contributed by atoms with van der Waals surface area (Å²) in [5, 5.41) is 8.94. The van der Waals surface area contributed by atoms with Crippen LogP contribution in [-0.4, -0.2) is 23.0 Å². The highest BCUT2D eigenvalue weighted by atomic mass is 15.2. The van der Waals surface area contributed by atoms with Crippen molar-refractivity contribution in [3.63, 3.8) is 0 Å². The third kappa shape index (κ3) is 2.14. The van der Waals surface area contributed by atoms with Gasteiger partial charge in [-0.2, -0.15) is 5.26 Å². The molecule has 0 spiro atoms. The lowest BCUT2D eigenvalue weighted by molar-refractivity contribution is 0.120. The van der Waals surface area contributed by atoms with Crippen LogP contribution in [0.2, 0.25) is 0 Å². The largest absolute Gasteiger partial charge is 0.328 e. The van der Waals surface area contributed by atoms with E-state index in [1.54, 1.807) is 0 Å². The zero-order valence-corrected chi connectivity index (χ0v) is 10.5. The van der Waals surface area contributed by atoms with Crippen molar-refractivity contribution >= 4 is 0 Å². The molecule has 2 aliphatic rings. The van der Waals surface area contributed by atoms with Crippen molar-refractivity contribution in [2.75, 3.05) is 0 Å². The van der Waals surface area contributed by atoms with Gasteiger partial charge in [-0.1, -0.05) is 12.1 Å². The number of fused-ring (bicyclic) bond motifs is 2. The molecule has 2 atom stereocenters. The van der Waals surface area contributed by atoms with Gasteiger partial charge >= 0.3 is 0 Å². The van der Waals surface area contributed by atoms with Crippen molar-refractivity contribution in [1.82, 2.24) is 4.90 Å². The standard InChI is InChI=1S/C15H19N3/c16-9-11-2-1-3-12(6-11)10-18-14-4-5-15(18)8-13(17)7-14/h1-3,6,13-15H,4-5,7-8,10,17H2. The van der Waals surface area contributed by atoms with Crippen LogP contribution in [0.15, 0.2) is 24.3 Å². The molecule has 2 unspecified atom stereocenters. The molecule has 0 aliphatic carbocycles. The van der Waals surface area contributed by atoms with Gasteiger partial charge in [0.15, 0.2) is 0 Å². The van der Waals surface area contributed by atoms with Gasteiger partial charge in [0.2, 0.25) is 0 Å². The fourth-order valence-electron chi connectivity index (χ4n) is 3.52. The van der Waals surface area contributed by atoms with E-state index in [4.69, 9.17) is 11.0 Å². The van der Waals surface area contributed by atoms with Gasteiger partial charge in [0.05, 0.1) is 11.6 Å². The zero-order valence-electron chi connectivity index (χ0n) is 10.5. The first-order valence-electron chi connectivity index (χ1n) is 6.76. The van der Waals surface area contributed by atoms with Crippen LogP contribution in [0.4, 0.5) is 0 Å². The molecular formula is C15H19N3. The molecule has 2 heterocycles. The lowest BCUT2D eigenvalue weighted by atomic mass is 9.97. The minimum absolute atomic E-state index is 0.393. The summed E-state index contributed by atoms with van der Waals surface area (Å²) in [6.45, 7) is 0.970. The Balaban J connectivity index is 1.75. The Morgan fingerprint density at radius 1 is 1.28 bits per heavy atom. The molecule has 0 amide bonds. The van der Waals surface area contributed by atoms with Crippen LogP contribution >= 0.6 is 0 Å². The third-order valence-electron chi connectivity index (χ3n) is 4.34. The van der Waals surface area contributed by atoms with Crippen molar-refractivity contribution in [3.8, 4) is 6.07 Å². The van der Waals surface area contributed by atoms with Gasteiger partial charge in [0, 0.05) is 24.7 Å². The van der Waals surface area contributed by atoms with Gasteiger partial charge in [0.1, 0.15) is 0 Å². The van der Waals surface area contributed by atoms with Crippen molar-refractivity contribution < 1.29 is 0 Å². The van der Waals surface area contributed by atoms with Gasteiger partial charge in [-0.3, -0.25) is 4.90 Å². The Morgan fingerprint density at radius 2 is 2.00 bits per heavy atom. The minimum Gasteiger partial charge on any atom is -0.328 e. The molecule has 0 saturated carbocycles. The maximum atomic E-state index is 8.94. The highest BCUT2D eigenvalue weighted by molar-refractivity contribution is 5.32. The number of nitriles is 1. The molecule has 2 bridgehead atoms. The molecule has 2 N–H and O–H groups in total. The first kappa shape index (κ1) is 11.7. The molecule has 18 heavy (non-hydrogen) atoms. The normalized spacial score (nSPS) is 31.2. The van der Waals surface area contributed by atoms with Crippen LogP contribution in [-0.2, 0) is 6.54 Å². The molecule has 94 valence electrons. The van der Waals surface area contributed by atoms with E-state index in [1.807, 2.05) is 18.2 Å². The van der Waals surface area contributed by atoms with E-state index in [0.29, 0.717) is 18.1 Å². The Bertz CT molecular complexity index is 463. The average Bonchev–Trinajstić information content (AvgIpc) is 2.62. The Labute approximate surface area is 108 Å². The van der Waals surface area contributed by atoms with Gasteiger partial charge in [-0.25, -0.2) is 0 Å². The number of rotatable bonds is 2. The lowest BCUT2D eigenvalue weighted by Crippen LogP contribution is -2.46. The maximum absolute atomic E-state index is 8.94. The monoisotopic (exact) mass is 241 g/mol. The van der Waals surface area contributed by atoms with E-state index in [2.05, 4.69) is 17.0 Å². The second kappa shape index (κ2) is 4.72. The summed E-state index contributed by atoms with van der Waals surface area (Å²) >= 11 is 0. The van der Waals surface area contributed by atoms with Crippen LogP contribution in [0.5, 0.6) is 0 Å². The molecule has 0 radical (unpaired) electrons. The highest BCUT2D eigenvalue weighted by Gasteiger charge is 2.39. The molecule has 2 fully saturated rings. The molecule has 2 saturated heterocycles. The summed E-state index contributed by atoms with van der Waals surface area (Å²) in [6, 6.07) is 11.9. The number of piperidine rings is 1. The first-order chi connectivity index (χ1) is 8.76. The molecule has 3 heteroatoms. The summed E-state index contributed by atoms with van der Waals surface area (Å²) in [5.74, 6) is 0. The van der Waals surface area contributed by atoms with Crippen LogP contribution in [0.1, 0.15) is 36.8 Å². The van der Waals surface area contributed by atoms with Crippen molar-refractivity contribution in [2.45, 2.75) is 50.4 Å². The molecule has 1 aromatic rings.